The molecular formula is C25H23N3O2S. The summed E-state index contributed by atoms with van der Waals surface area (Å²) in [5.74, 6) is -0.680. The van der Waals surface area contributed by atoms with E-state index in [9.17, 15) is 10.1 Å². The normalized spacial score (nSPS) is 11.9. The number of rotatable bonds is 7. The van der Waals surface area contributed by atoms with Gasteiger partial charge in [0, 0.05) is 23.8 Å². The summed E-state index contributed by atoms with van der Waals surface area (Å²) in [4.78, 5) is 18.3. The summed E-state index contributed by atoms with van der Waals surface area (Å²) in [7, 11) is 1.40. The van der Waals surface area contributed by atoms with Crippen molar-refractivity contribution in [3.05, 3.63) is 87.4 Å². The number of methoxy groups -OCH3 is 1. The Bertz CT molecular complexity index is 1250. The van der Waals surface area contributed by atoms with Crippen molar-refractivity contribution in [2.75, 3.05) is 7.11 Å². The van der Waals surface area contributed by atoms with E-state index in [0.717, 1.165) is 47.2 Å². The largest absolute Gasteiger partial charge is 0.465 e. The molecule has 0 aliphatic rings. The first-order valence-electron chi connectivity index (χ1n) is 10.3. The zero-order chi connectivity index (χ0) is 21.8. The van der Waals surface area contributed by atoms with Crippen molar-refractivity contribution in [3.63, 3.8) is 0 Å². The maximum Gasteiger partial charge on any atom is 0.340 e. The average molecular weight is 430 g/mol. The lowest BCUT2D eigenvalue weighted by Gasteiger charge is -2.22. The standard InChI is InChI=1S/C25H23N3O2S/c1-3-4-14-28-23(22(25(29)30-2)19-11-8-13-27-24(19)28)21(17-9-6-5-7-10-17)18-12-15-31-20(18)16-26/h5-13,15,21H,3-4,14H2,1-2H3. The Kier molecular flexibility index (Phi) is 6.15. The number of esters is 1. The van der Waals surface area contributed by atoms with Crippen molar-refractivity contribution in [1.82, 2.24) is 9.55 Å². The van der Waals surface area contributed by atoms with Crippen LogP contribution < -0.4 is 0 Å². The van der Waals surface area contributed by atoms with Gasteiger partial charge < -0.3 is 9.30 Å². The number of thiophene rings is 1. The Labute approximate surface area is 185 Å². The topological polar surface area (TPSA) is 67.9 Å². The van der Waals surface area contributed by atoms with E-state index >= 15 is 0 Å². The van der Waals surface area contributed by atoms with Gasteiger partial charge in [-0.2, -0.15) is 5.26 Å². The molecule has 4 rings (SSSR count). The van der Waals surface area contributed by atoms with Crippen molar-refractivity contribution >= 4 is 28.3 Å². The summed E-state index contributed by atoms with van der Waals surface area (Å²) in [6.07, 6.45) is 3.71. The van der Waals surface area contributed by atoms with E-state index in [-0.39, 0.29) is 5.92 Å². The maximum atomic E-state index is 13.1. The van der Waals surface area contributed by atoms with Gasteiger partial charge >= 0.3 is 5.97 Å². The fourth-order valence-corrected chi connectivity index (χ4v) is 4.85. The van der Waals surface area contributed by atoms with Crippen LogP contribution in [0.25, 0.3) is 11.0 Å². The highest BCUT2D eigenvalue weighted by molar-refractivity contribution is 7.10. The highest BCUT2D eigenvalue weighted by atomic mass is 32.1. The number of hydrogen-bond donors (Lipinski definition) is 0. The third-order valence-corrected chi connectivity index (χ3v) is 6.33. The quantitative estimate of drug-likeness (QED) is 0.352. The van der Waals surface area contributed by atoms with Gasteiger partial charge in [0.15, 0.2) is 0 Å². The Morgan fingerprint density at radius 1 is 1.23 bits per heavy atom. The van der Waals surface area contributed by atoms with Gasteiger partial charge in [-0.3, -0.25) is 0 Å². The molecule has 0 spiro atoms. The Morgan fingerprint density at radius 3 is 2.74 bits per heavy atom. The molecule has 0 saturated heterocycles. The number of nitrogens with zero attached hydrogens (tertiary/aromatic N) is 3. The van der Waals surface area contributed by atoms with Crippen molar-refractivity contribution in [1.29, 1.82) is 5.26 Å². The summed E-state index contributed by atoms with van der Waals surface area (Å²) in [6, 6.07) is 18.1. The van der Waals surface area contributed by atoms with E-state index in [1.54, 1.807) is 6.20 Å². The molecule has 0 radical (unpaired) electrons. The first-order valence-corrected chi connectivity index (χ1v) is 11.2. The van der Waals surface area contributed by atoms with E-state index in [0.29, 0.717) is 10.4 Å². The summed E-state index contributed by atoms with van der Waals surface area (Å²) >= 11 is 1.42. The number of carbonyl (C=O) groups is 1. The van der Waals surface area contributed by atoms with Crippen LogP contribution in [0.4, 0.5) is 0 Å². The molecule has 0 N–H and O–H groups in total. The first kappa shape index (κ1) is 20.8. The van der Waals surface area contributed by atoms with Crippen LogP contribution in [0.15, 0.2) is 60.1 Å². The number of ether oxygens (including phenoxy) is 1. The molecule has 1 unspecified atom stereocenters. The van der Waals surface area contributed by atoms with Gasteiger partial charge in [0.25, 0.3) is 0 Å². The highest BCUT2D eigenvalue weighted by Gasteiger charge is 2.32. The SMILES string of the molecule is CCCCn1c(C(c2ccccc2)c2ccsc2C#N)c(C(=O)OC)c2cccnc21. The van der Waals surface area contributed by atoms with Crippen molar-refractivity contribution in [3.8, 4) is 6.07 Å². The molecule has 3 aromatic heterocycles. The molecule has 3 heterocycles. The molecule has 5 nitrogen and oxygen atoms in total. The van der Waals surface area contributed by atoms with Gasteiger partial charge in [-0.15, -0.1) is 11.3 Å². The number of aromatic nitrogens is 2. The number of pyridine rings is 1. The summed E-state index contributed by atoms with van der Waals surface area (Å²) in [5.41, 5.74) is 4.02. The minimum atomic E-state index is -0.391. The number of benzene rings is 1. The maximum absolute atomic E-state index is 13.1. The van der Waals surface area contributed by atoms with Crippen LogP contribution in [-0.2, 0) is 11.3 Å². The van der Waals surface area contributed by atoms with Crippen LogP contribution in [0.5, 0.6) is 0 Å². The Hall–Kier alpha value is -3.43. The van der Waals surface area contributed by atoms with Gasteiger partial charge in [-0.1, -0.05) is 43.7 Å². The molecule has 0 saturated carbocycles. The number of fused-ring (bicyclic) bond motifs is 1. The monoisotopic (exact) mass is 429 g/mol. The first-order chi connectivity index (χ1) is 15.2. The van der Waals surface area contributed by atoms with Crippen LogP contribution in [0.1, 0.15) is 57.7 Å². The zero-order valence-electron chi connectivity index (χ0n) is 17.5. The number of hydrogen-bond acceptors (Lipinski definition) is 5. The van der Waals surface area contributed by atoms with E-state index < -0.39 is 5.97 Å². The van der Waals surface area contributed by atoms with E-state index in [1.807, 2.05) is 53.9 Å². The number of unbranched alkanes of at least 4 members (excludes halogenated alkanes) is 1. The number of aryl methyl sites for hydroxylation is 1. The molecule has 4 aromatic rings. The van der Waals surface area contributed by atoms with Gasteiger partial charge in [0.05, 0.1) is 18.6 Å². The van der Waals surface area contributed by atoms with Gasteiger partial charge in [-0.05, 0) is 41.1 Å². The lowest BCUT2D eigenvalue weighted by molar-refractivity contribution is 0.0601. The summed E-state index contributed by atoms with van der Waals surface area (Å²) in [6.45, 7) is 2.87. The van der Waals surface area contributed by atoms with E-state index in [2.05, 4.69) is 22.5 Å². The number of nitriles is 1. The molecule has 0 bridgehead atoms. The lowest BCUT2D eigenvalue weighted by Crippen LogP contribution is -2.16. The fourth-order valence-electron chi connectivity index (χ4n) is 4.12. The Morgan fingerprint density at radius 2 is 2.03 bits per heavy atom. The molecule has 0 aliphatic carbocycles. The minimum Gasteiger partial charge on any atom is -0.465 e. The van der Waals surface area contributed by atoms with Crippen LogP contribution >= 0.6 is 11.3 Å². The average Bonchev–Trinajstić information content (AvgIpc) is 3.41. The zero-order valence-corrected chi connectivity index (χ0v) is 18.4. The minimum absolute atomic E-state index is 0.290. The van der Waals surface area contributed by atoms with Gasteiger partial charge in [-0.25, -0.2) is 9.78 Å². The van der Waals surface area contributed by atoms with Gasteiger partial charge in [0.2, 0.25) is 0 Å². The molecule has 31 heavy (non-hydrogen) atoms. The Balaban J connectivity index is 2.11. The molecule has 1 atom stereocenters. The van der Waals surface area contributed by atoms with Crippen molar-refractivity contribution < 1.29 is 9.53 Å². The molecular weight excluding hydrogens is 406 g/mol. The molecule has 6 heteroatoms. The smallest absolute Gasteiger partial charge is 0.340 e. The molecule has 0 amide bonds. The fraction of sp³-hybridized carbons (Fsp3) is 0.240. The number of carbonyl (C=O) groups excluding carboxylic acids is 1. The van der Waals surface area contributed by atoms with E-state index in [1.165, 1.54) is 18.4 Å². The van der Waals surface area contributed by atoms with E-state index in [4.69, 9.17) is 4.74 Å². The van der Waals surface area contributed by atoms with Crippen LogP contribution in [0.3, 0.4) is 0 Å². The predicted octanol–water partition coefficient (Wildman–Crippen LogP) is 5.74. The highest BCUT2D eigenvalue weighted by Crippen LogP contribution is 2.41. The molecule has 1 aromatic carbocycles. The van der Waals surface area contributed by atoms with Crippen molar-refractivity contribution in [2.45, 2.75) is 32.2 Å². The van der Waals surface area contributed by atoms with Crippen LogP contribution in [0.2, 0.25) is 0 Å². The third-order valence-electron chi connectivity index (χ3n) is 5.50. The van der Waals surface area contributed by atoms with Crippen LogP contribution in [0, 0.1) is 11.3 Å². The van der Waals surface area contributed by atoms with Gasteiger partial charge in [0.1, 0.15) is 16.6 Å². The summed E-state index contributed by atoms with van der Waals surface area (Å²) in [5, 5.41) is 12.5. The van der Waals surface area contributed by atoms with Crippen LogP contribution in [-0.4, -0.2) is 22.6 Å². The molecule has 156 valence electrons. The lowest BCUT2D eigenvalue weighted by atomic mass is 9.86. The van der Waals surface area contributed by atoms with Crippen molar-refractivity contribution in [2.24, 2.45) is 0 Å². The second-order valence-corrected chi connectivity index (χ2v) is 8.21. The third kappa shape index (κ3) is 3.73. The second-order valence-electron chi connectivity index (χ2n) is 7.29. The second kappa shape index (κ2) is 9.15. The molecule has 0 aliphatic heterocycles. The predicted molar refractivity (Wildman–Crippen MR) is 122 cm³/mol. The summed E-state index contributed by atoms with van der Waals surface area (Å²) < 4.78 is 7.36. The molecule has 0 fully saturated rings.